The molecule has 1 aromatic carbocycles. The molecule has 0 radical (unpaired) electrons. The second-order valence-corrected chi connectivity index (χ2v) is 4.70. The van der Waals surface area contributed by atoms with Gasteiger partial charge in [0.2, 0.25) is 0 Å². The molecule has 1 atom stereocenters. The lowest BCUT2D eigenvalue weighted by Crippen LogP contribution is -2.47. The monoisotopic (exact) mass is 368 g/mol. The smallest absolute Gasteiger partial charge is 0.258 e. The van der Waals surface area contributed by atoms with E-state index < -0.39 is 34.7 Å². The summed E-state index contributed by atoms with van der Waals surface area (Å²) in [5.41, 5.74) is -0.460. The molecule has 0 unspecified atom stereocenters. The quantitative estimate of drug-likeness (QED) is 0.646. The average molecular weight is 370 g/mol. The first-order valence-electron chi connectivity index (χ1n) is 5.88. The van der Waals surface area contributed by atoms with Crippen molar-refractivity contribution in [1.29, 1.82) is 0 Å². The van der Waals surface area contributed by atoms with Gasteiger partial charge in [0.1, 0.15) is 17.7 Å². The minimum atomic E-state index is -2.84. The zero-order valence-corrected chi connectivity index (χ0v) is 13.2. The van der Waals surface area contributed by atoms with E-state index in [1.165, 1.54) is 4.90 Å². The summed E-state index contributed by atoms with van der Waals surface area (Å²) in [5, 5.41) is 2.45. The van der Waals surface area contributed by atoms with Crippen molar-refractivity contribution in [2.45, 2.75) is 12.5 Å². The van der Waals surface area contributed by atoms with Crippen molar-refractivity contribution in [3.05, 3.63) is 34.4 Å². The molecule has 1 aliphatic heterocycles. The maximum absolute atomic E-state index is 13.8. The van der Waals surface area contributed by atoms with Crippen molar-refractivity contribution < 1.29 is 17.6 Å². The van der Waals surface area contributed by atoms with E-state index in [1.54, 1.807) is 0 Å². The van der Waals surface area contributed by atoms with Gasteiger partial charge in [0.05, 0.1) is 5.02 Å². The van der Waals surface area contributed by atoms with E-state index in [9.17, 15) is 17.6 Å². The Labute approximate surface area is 137 Å². The summed E-state index contributed by atoms with van der Waals surface area (Å²) in [4.78, 5) is 1.42. The molecule has 122 valence electrons. The van der Waals surface area contributed by atoms with Crippen LogP contribution in [0.3, 0.4) is 0 Å². The van der Waals surface area contributed by atoms with Gasteiger partial charge in [-0.2, -0.15) is 0 Å². The number of hydrogen-bond acceptors (Lipinski definition) is 2. The molecule has 21 heavy (non-hydrogen) atoms. The summed E-state index contributed by atoms with van der Waals surface area (Å²) in [6.45, 7) is 1.72. The van der Waals surface area contributed by atoms with Gasteiger partial charge in [-0.3, -0.25) is 4.90 Å². The van der Waals surface area contributed by atoms with Gasteiger partial charge < -0.3 is 5.32 Å². The number of benzene rings is 1. The molecule has 9 heteroatoms. The van der Waals surface area contributed by atoms with Crippen LogP contribution in [0.25, 0.3) is 0 Å². The van der Waals surface area contributed by atoms with Crippen LogP contribution in [0, 0.1) is 11.6 Å². The van der Waals surface area contributed by atoms with Crippen molar-refractivity contribution in [2.75, 3.05) is 26.2 Å². The molecule has 2 rings (SSSR count). The van der Waals surface area contributed by atoms with Crippen LogP contribution >= 0.6 is 36.4 Å². The molecular formula is C12H15Cl3F4N2. The fourth-order valence-corrected chi connectivity index (χ4v) is 2.51. The van der Waals surface area contributed by atoms with Gasteiger partial charge in [-0.05, 0) is 12.1 Å². The van der Waals surface area contributed by atoms with Crippen LogP contribution in [0.4, 0.5) is 17.6 Å². The molecule has 0 saturated carbocycles. The number of rotatable bonds is 3. The van der Waals surface area contributed by atoms with Crippen LogP contribution in [-0.4, -0.2) is 37.5 Å². The highest BCUT2D eigenvalue weighted by atomic mass is 35.5. The normalized spacial score (nSPS) is 17.0. The molecule has 2 nitrogen and oxygen atoms in total. The summed E-state index contributed by atoms with van der Waals surface area (Å²) in [6.07, 6.45) is -2.84. The Morgan fingerprint density at radius 2 is 1.57 bits per heavy atom. The topological polar surface area (TPSA) is 15.3 Å². The fraction of sp³-hybridized carbons (Fsp3) is 0.500. The number of nitrogens with zero attached hydrogens (tertiary/aromatic N) is 1. The highest BCUT2D eigenvalue weighted by Crippen LogP contribution is 2.35. The van der Waals surface area contributed by atoms with Crippen LogP contribution in [0.5, 0.6) is 0 Å². The lowest BCUT2D eigenvalue weighted by molar-refractivity contribution is 0.0163. The van der Waals surface area contributed by atoms with E-state index in [-0.39, 0.29) is 24.8 Å². The zero-order valence-electron chi connectivity index (χ0n) is 10.8. The number of hydrogen-bond donors (Lipinski definition) is 1. The van der Waals surface area contributed by atoms with Crippen LogP contribution in [0.1, 0.15) is 11.6 Å². The lowest BCUT2D eigenvalue weighted by atomic mass is 10.0. The van der Waals surface area contributed by atoms with Crippen LogP contribution in [-0.2, 0) is 0 Å². The molecule has 1 N–H and O–H groups in total. The van der Waals surface area contributed by atoms with Gasteiger partial charge in [-0.1, -0.05) is 11.6 Å². The third kappa shape index (κ3) is 4.60. The van der Waals surface area contributed by atoms with Crippen molar-refractivity contribution in [2.24, 2.45) is 0 Å². The predicted octanol–water partition coefficient (Wildman–Crippen LogP) is 3.67. The molecule has 1 heterocycles. The van der Waals surface area contributed by atoms with Gasteiger partial charge >= 0.3 is 0 Å². The van der Waals surface area contributed by atoms with Crippen molar-refractivity contribution in [3.63, 3.8) is 0 Å². The van der Waals surface area contributed by atoms with E-state index in [1.807, 2.05) is 0 Å². The minimum Gasteiger partial charge on any atom is -0.314 e. The molecule has 1 saturated heterocycles. The van der Waals surface area contributed by atoms with Gasteiger partial charge in [-0.25, -0.2) is 17.6 Å². The first-order chi connectivity index (χ1) is 9.02. The van der Waals surface area contributed by atoms with Gasteiger partial charge in [0.25, 0.3) is 6.43 Å². The Balaban J connectivity index is 0.00000200. The number of nitrogens with one attached hydrogen (secondary N) is 1. The number of piperazine rings is 1. The third-order valence-electron chi connectivity index (χ3n) is 3.16. The molecule has 0 amide bonds. The number of alkyl halides is 2. The lowest BCUT2D eigenvalue weighted by Gasteiger charge is -2.35. The Morgan fingerprint density at radius 3 is 2.10 bits per heavy atom. The van der Waals surface area contributed by atoms with Crippen molar-refractivity contribution in [3.8, 4) is 0 Å². The molecule has 1 aromatic rings. The highest BCUT2D eigenvalue weighted by molar-refractivity contribution is 6.31. The first kappa shape index (κ1) is 20.7. The summed E-state index contributed by atoms with van der Waals surface area (Å²) < 4.78 is 53.6. The van der Waals surface area contributed by atoms with Crippen molar-refractivity contribution in [1.82, 2.24) is 10.2 Å². The predicted molar refractivity (Wildman–Crippen MR) is 79.1 cm³/mol. The summed E-state index contributed by atoms with van der Waals surface area (Å²) in [5.74, 6) is -1.80. The Hall–Kier alpha value is -0.270. The Bertz CT molecular complexity index is 456. The second kappa shape index (κ2) is 9.00. The molecule has 0 spiro atoms. The standard InChI is InChI=1S/C12H13ClF4N2.2ClH/c13-10-8(15)2-1-7(14)9(10)11(12(16)17)19-5-3-18-4-6-19;;/h1-2,11-12,18H,3-6H2;2*1H/t11-;;/m0../s1. The summed E-state index contributed by atoms with van der Waals surface area (Å²) in [6, 6.07) is 0.139. The SMILES string of the molecule is Cl.Cl.Fc1ccc(F)c([C@@H](C(F)F)N2CCNCC2)c1Cl. The Kier molecular flexibility index (Phi) is 8.89. The molecule has 0 bridgehead atoms. The van der Waals surface area contributed by atoms with Gasteiger partial charge in [-0.15, -0.1) is 24.8 Å². The van der Waals surface area contributed by atoms with Gasteiger partial charge in [0, 0.05) is 31.7 Å². The zero-order chi connectivity index (χ0) is 14.0. The summed E-state index contributed by atoms with van der Waals surface area (Å²) in [7, 11) is 0. The highest BCUT2D eigenvalue weighted by Gasteiger charge is 2.34. The fourth-order valence-electron chi connectivity index (χ4n) is 2.24. The van der Waals surface area contributed by atoms with Crippen molar-refractivity contribution >= 4 is 36.4 Å². The maximum Gasteiger partial charge on any atom is 0.258 e. The molecule has 1 fully saturated rings. The van der Waals surface area contributed by atoms with E-state index in [2.05, 4.69) is 5.32 Å². The molecule has 0 aromatic heterocycles. The summed E-state index contributed by atoms with van der Waals surface area (Å²) >= 11 is 5.67. The number of halogens is 7. The van der Waals surface area contributed by atoms with Crippen LogP contribution in [0.2, 0.25) is 5.02 Å². The molecule has 1 aliphatic rings. The molecular weight excluding hydrogens is 354 g/mol. The first-order valence-corrected chi connectivity index (χ1v) is 6.26. The van der Waals surface area contributed by atoms with Crippen LogP contribution < -0.4 is 5.32 Å². The van der Waals surface area contributed by atoms with E-state index >= 15 is 0 Å². The molecule has 0 aliphatic carbocycles. The largest absolute Gasteiger partial charge is 0.314 e. The van der Waals surface area contributed by atoms with Crippen LogP contribution in [0.15, 0.2) is 12.1 Å². The van der Waals surface area contributed by atoms with E-state index in [4.69, 9.17) is 11.6 Å². The Morgan fingerprint density at radius 1 is 1.05 bits per heavy atom. The average Bonchev–Trinajstić information content (AvgIpc) is 2.39. The van der Waals surface area contributed by atoms with Gasteiger partial charge in [0.15, 0.2) is 0 Å². The minimum absolute atomic E-state index is 0. The van der Waals surface area contributed by atoms with E-state index in [0.29, 0.717) is 26.2 Å². The maximum atomic E-state index is 13.8. The third-order valence-corrected chi connectivity index (χ3v) is 3.54. The van der Waals surface area contributed by atoms with E-state index in [0.717, 1.165) is 12.1 Å². The second-order valence-electron chi connectivity index (χ2n) is 4.32.